The molecule has 0 aromatic heterocycles. The largest absolute Gasteiger partial charge is 0.444 e. The number of amides is 1. The third kappa shape index (κ3) is 5.50. The van der Waals surface area contributed by atoms with Crippen LogP contribution in [-0.4, -0.2) is 70.7 Å². The maximum atomic E-state index is 13.4. The number of carbonyl (C=O) groups excluding carboxylic acids is 1. The normalized spacial score (nSPS) is 16.2. The molecule has 1 amide bonds. The first-order chi connectivity index (χ1) is 14.7. The molecule has 0 saturated heterocycles. The first-order valence-corrected chi connectivity index (χ1v) is 12.0. The minimum Gasteiger partial charge on any atom is -0.444 e. The van der Waals surface area contributed by atoms with Gasteiger partial charge in [0.25, 0.3) is 10.0 Å². The van der Waals surface area contributed by atoms with Crippen LogP contribution in [0.25, 0.3) is 0 Å². The second kappa shape index (κ2) is 9.89. The molecule has 0 bridgehead atoms. The standard InChI is InChI=1S/C22H28ClN3O4S/c1-4-25(14-13-24(2)3)22(27)30-19-15-17-7-5-6-8-21(17)26(16-19)31(28,29)20-11-9-18(23)10-12-20/h5-12,19H,4,13-16H2,1-3H3. The highest BCUT2D eigenvalue weighted by Gasteiger charge is 2.35. The highest BCUT2D eigenvalue weighted by molar-refractivity contribution is 7.92. The number of carbonyl (C=O) groups is 1. The SMILES string of the molecule is CCN(CCN(C)C)C(=O)OC1Cc2ccccc2N(S(=O)(=O)c2ccc(Cl)cc2)C1. The van der Waals surface area contributed by atoms with Crippen molar-refractivity contribution >= 4 is 33.4 Å². The van der Waals surface area contributed by atoms with Gasteiger partial charge in [0.1, 0.15) is 6.10 Å². The minimum absolute atomic E-state index is 0.0545. The monoisotopic (exact) mass is 465 g/mol. The number of hydrogen-bond acceptors (Lipinski definition) is 5. The molecule has 168 valence electrons. The third-order valence-corrected chi connectivity index (χ3v) is 7.25. The molecule has 1 heterocycles. The molecule has 0 saturated carbocycles. The van der Waals surface area contributed by atoms with Gasteiger partial charge in [0.05, 0.1) is 17.1 Å². The summed E-state index contributed by atoms with van der Waals surface area (Å²) in [5.74, 6) is 0. The number of anilines is 1. The summed E-state index contributed by atoms with van der Waals surface area (Å²) in [4.78, 5) is 16.5. The lowest BCUT2D eigenvalue weighted by Gasteiger charge is -2.35. The predicted molar refractivity (Wildman–Crippen MR) is 122 cm³/mol. The van der Waals surface area contributed by atoms with E-state index in [1.54, 1.807) is 29.2 Å². The summed E-state index contributed by atoms with van der Waals surface area (Å²) >= 11 is 5.92. The van der Waals surface area contributed by atoms with E-state index in [-0.39, 0.29) is 11.4 Å². The van der Waals surface area contributed by atoms with Gasteiger partial charge in [0.2, 0.25) is 0 Å². The van der Waals surface area contributed by atoms with E-state index in [1.807, 2.05) is 38.1 Å². The number of nitrogens with zero attached hydrogens (tertiary/aromatic N) is 3. The Morgan fingerprint density at radius 2 is 1.81 bits per heavy atom. The maximum Gasteiger partial charge on any atom is 0.410 e. The highest BCUT2D eigenvalue weighted by atomic mass is 35.5. The van der Waals surface area contributed by atoms with Crippen LogP contribution in [-0.2, 0) is 21.2 Å². The number of rotatable bonds is 7. The van der Waals surface area contributed by atoms with Crippen molar-refractivity contribution in [2.45, 2.75) is 24.3 Å². The van der Waals surface area contributed by atoms with E-state index in [1.165, 1.54) is 16.4 Å². The number of ether oxygens (including phenoxy) is 1. The van der Waals surface area contributed by atoms with Gasteiger partial charge < -0.3 is 14.5 Å². The first kappa shape index (κ1) is 23.4. The van der Waals surface area contributed by atoms with Gasteiger partial charge in [-0.15, -0.1) is 0 Å². The molecule has 0 fully saturated rings. The van der Waals surface area contributed by atoms with Crippen molar-refractivity contribution in [3.63, 3.8) is 0 Å². The lowest BCUT2D eigenvalue weighted by atomic mass is 10.0. The van der Waals surface area contributed by atoms with E-state index in [9.17, 15) is 13.2 Å². The number of likely N-dealkylation sites (N-methyl/N-ethyl adjacent to an activating group) is 2. The Labute approximate surface area is 189 Å². The molecule has 2 aromatic rings. The fraction of sp³-hybridized carbons (Fsp3) is 0.409. The predicted octanol–water partition coefficient (Wildman–Crippen LogP) is 3.48. The molecule has 0 spiro atoms. The van der Waals surface area contributed by atoms with E-state index < -0.39 is 22.2 Å². The summed E-state index contributed by atoms with van der Waals surface area (Å²) in [6, 6.07) is 13.4. The van der Waals surface area contributed by atoms with E-state index in [0.717, 1.165) is 5.56 Å². The first-order valence-electron chi connectivity index (χ1n) is 10.2. The van der Waals surface area contributed by atoms with Crippen LogP contribution in [0.4, 0.5) is 10.5 Å². The fourth-order valence-corrected chi connectivity index (χ4v) is 5.14. The van der Waals surface area contributed by atoms with Gasteiger partial charge in [-0.2, -0.15) is 0 Å². The zero-order valence-electron chi connectivity index (χ0n) is 18.0. The van der Waals surface area contributed by atoms with Crippen molar-refractivity contribution in [3.05, 3.63) is 59.1 Å². The van der Waals surface area contributed by atoms with Crippen LogP contribution in [0.2, 0.25) is 5.02 Å². The van der Waals surface area contributed by atoms with E-state index in [2.05, 4.69) is 0 Å². The molecule has 1 atom stereocenters. The van der Waals surface area contributed by atoms with E-state index in [0.29, 0.717) is 36.8 Å². The lowest BCUT2D eigenvalue weighted by molar-refractivity contribution is 0.0647. The average molecular weight is 466 g/mol. The molecule has 2 aromatic carbocycles. The van der Waals surface area contributed by atoms with Gasteiger partial charge in [-0.05, 0) is 56.9 Å². The lowest BCUT2D eigenvalue weighted by Crippen LogP contribution is -2.46. The maximum absolute atomic E-state index is 13.4. The number of sulfonamides is 1. The summed E-state index contributed by atoms with van der Waals surface area (Å²) < 4.78 is 33.9. The second-order valence-electron chi connectivity index (χ2n) is 7.71. The van der Waals surface area contributed by atoms with Crippen molar-refractivity contribution in [3.8, 4) is 0 Å². The molecule has 1 unspecified atom stereocenters. The van der Waals surface area contributed by atoms with E-state index >= 15 is 0 Å². The number of benzene rings is 2. The van der Waals surface area contributed by atoms with Crippen LogP contribution in [0, 0.1) is 0 Å². The summed E-state index contributed by atoms with van der Waals surface area (Å²) in [5.41, 5.74) is 1.42. The molecule has 1 aliphatic heterocycles. The Morgan fingerprint density at radius 3 is 2.45 bits per heavy atom. The van der Waals surface area contributed by atoms with Crippen molar-refractivity contribution in [2.24, 2.45) is 0 Å². The van der Waals surface area contributed by atoms with Crippen molar-refractivity contribution in [1.82, 2.24) is 9.80 Å². The van der Waals surface area contributed by atoms with Gasteiger partial charge in [0.15, 0.2) is 0 Å². The van der Waals surface area contributed by atoms with Crippen molar-refractivity contribution in [2.75, 3.05) is 44.6 Å². The Bertz CT molecular complexity index is 1010. The molecule has 0 radical (unpaired) electrons. The number of halogens is 1. The van der Waals surface area contributed by atoms with Crippen molar-refractivity contribution in [1.29, 1.82) is 0 Å². The molecule has 0 N–H and O–H groups in total. The topological polar surface area (TPSA) is 70.2 Å². The van der Waals surface area contributed by atoms with Crippen LogP contribution >= 0.6 is 11.6 Å². The van der Waals surface area contributed by atoms with Gasteiger partial charge >= 0.3 is 6.09 Å². The van der Waals surface area contributed by atoms with Gasteiger partial charge in [-0.1, -0.05) is 29.8 Å². The van der Waals surface area contributed by atoms with E-state index in [4.69, 9.17) is 16.3 Å². The van der Waals surface area contributed by atoms with Crippen LogP contribution in [0.5, 0.6) is 0 Å². The molecule has 7 nitrogen and oxygen atoms in total. The molecular formula is C22H28ClN3O4S. The summed E-state index contributed by atoms with van der Waals surface area (Å²) in [6.45, 7) is 3.72. The van der Waals surface area contributed by atoms with Crippen LogP contribution in [0.1, 0.15) is 12.5 Å². The minimum atomic E-state index is -3.85. The fourth-order valence-electron chi connectivity index (χ4n) is 3.48. The molecule has 0 aliphatic carbocycles. The molecule has 9 heteroatoms. The highest BCUT2D eigenvalue weighted by Crippen LogP contribution is 2.33. The quantitative estimate of drug-likeness (QED) is 0.626. The number of fused-ring (bicyclic) bond motifs is 1. The summed E-state index contributed by atoms with van der Waals surface area (Å²) in [5, 5.41) is 0.460. The van der Waals surface area contributed by atoms with Crippen LogP contribution in [0.3, 0.4) is 0 Å². The van der Waals surface area contributed by atoms with Crippen LogP contribution in [0.15, 0.2) is 53.4 Å². The zero-order valence-corrected chi connectivity index (χ0v) is 19.6. The van der Waals surface area contributed by atoms with Gasteiger partial charge in [-0.25, -0.2) is 13.2 Å². The van der Waals surface area contributed by atoms with Gasteiger partial charge in [0, 0.05) is 31.1 Å². The zero-order chi connectivity index (χ0) is 22.6. The van der Waals surface area contributed by atoms with Gasteiger partial charge in [-0.3, -0.25) is 4.31 Å². The smallest absolute Gasteiger partial charge is 0.410 e. The third-order valence-electron chi connectivity index (χ3n) is 5.20. The molecule has 1 aliphatic rings. The Morgan fingerprint density at radius 1 is 1.13 bits per heavy atom. The molecular weight excluding hydrogens is 438 g/mol. The summed E-state index contributed by atoms with van der Waals surface area (Å²) in [7, 11) is 0.0374. The Hall–Kier alpha value is -2.29. The summed E-state index contributed by atoms with van der Waals surface area (Å²) in [6.07, 6.45) is -0.560. The molecule has 3 rings (SSSR count). The number of para-hydroxylation sites is 1. The Kier molecular flexibility index (Phi) is 7.46. The average Bonchev–Trinajstić information content (AvgIpc) is 2.73. The van der Waals surface area contributed by atoms with Crippen LogP contribution < -0.4 is 4.31 Å². The number of hydrogen-bond donors (Lipinski definition) is 0. The molecule has 31 heavy (non-hydrogen) atoms. The second-order valence-corrected chi connectivity index (χ2v) is 10.0. The van der Waals surface area contributed by atoms with Crippen molar-refractivity contribution < 1.29 is 17.9 Å². The Balaban J connectivity index is 1.85.